The minimum atomic E-state index is 0.211. The Morgan fingerprint density at radius 2 is 2.26 bits per heavy atom. The Hall–Kier alpha value is -0.450. The standard InChI is InChI=1S/C15H26N2OS/c1-4-14-17-13-7-5-6-12(15(13)19-14)16-11(9-18)8-10(2)3/h10-12,16,18H,4-9H2,1-3H3. The molecule has 2 unspecified atom stereocenters. The maximum absolute atomic E-state index is 9.53. The van der Waals surface area contributed by atoms with Gasteiger partial charge in [0.25, 0.3) is 0 Å². The monoisotopic (exact) mass is 282 g/mol. The molecule has 2 rings (SSSR count). The van der Waals surface area contributed by atoms with Crippen molar-refractivity contribution < 1.29 is 5.11 Å². The van der Waals surface area contributed by atoms with Crippen LogP contribution in [0, 0.1) is 5.92 Å². The van der Waals surface area contributed by atoms with E-state index >= 15 is 0 Å². The maximum Gasteiger partial charge on any atom is 0.0928 e. The van der Waals surface area contributed by atoms with Crippen LogP contribution in [0.3, 0.4) is 0 Å². The van der Waals surface area contributed by atoms with Gasteiger partial charge in [0.05, 0.1) is 17.3 Å². The molecule has 1 aromatic heterocycles. The highest BCUT2D eigenvalue weighted by molar-refractivity contribution is 7.11. The second-order valence-electron chi connectivity index (χ2n) is 5.89. The minimum Gasteiger partial charge on any atom is -0.395 e. The van der Waals surface area contributed by atoms with Gasteiger partial charge in [-0.3, -0.25) is 0 Å². The van der Waals surface area contributed by atoms with E-state index in [1.807, 2.05) is 11.3 Å². The molecule has 0 fully saturated rings. The van der Waals surface area contributed by atoms with Crippen LogP contribution >= 0.6 is 11.3 Å². The average molecular weight is 282 g/mol. The summed E-state index contributed by atoms with van der Waals surface area (Å²) < 4.78 is 0. The Labute approximate surface area is 120 Å². The van der Waals surface area contributed by atoms with Crippen molar-refractivity contribution in [1.29, 1.82) is 0 Å². The Bertz CT molecular complexity index is 403. The highest BCUT2D eigenvalue weighted by Crippen LogP contribution is 2.34. The largest absolute Gasteiger partial charge is 0.395 e. The van der Waals surface area contributed by atoms with E-state index in [4.69, 9.17) is 4.98 Å². The summed E-state index contributed by atoms with van der Waals surface area (Å²) in [7, 11) is 0. The predicted molar refractivity (Wildman–Crippen MR) is 80.6 cm³/mol. The minimum absolute atomic E-state index is 0.211. The SMILES string of the molecule is CCc1nc2c(s1)C(NC(CO)CC(C)C)CCC2. The lowest BCUT2D eigenvalue weighted by Crippen LogP contribution is -2.37. The van der Waals surface area contributed by atoms with E-state index in [0.717, 1.165) is 19.3 Å². The van der Waals surface area contributed by atoms with E-state index in [9.17, 15) is 5.11 Å². The van der Waals surface area contributed by atoms with Crippen LogP contribution in [-0.2, 0) is 12.8 Å². The number of hydrogen-bond donors (Lipinski definition) is 2. The molecule has 1 aliphatic carbocycles. The first kappa shape index (κ1) is 14.9. The predicted octanol–water partition coefficient (Wildman–Crippen LogP) is 3.08. The first-order chi connectivity index (χ1) is 9.13. The van der Waals surface area contributed by atoms with Crippen LogP contribution in [0.2, 0.25) is 0 Å². The van der Waals surface area contributed by atoms with Crippen molar-refractivity contribution >= 4 is 11.3 Å². The van der Waals surface area contributed by atoms with E-state index in [1.165, 1.54) is 28.4 Å². The van der Waals surface area contributed by atoms with Crippen LogP contribution in [0.15, 0.2) is 0 Å². The third-order valence-corrected chi connectivity index (χ3v) is 5.07. The summed E-state index contributed by atoms with van der Waals surface area (Å²) in [6, 6.07) is 0.612. The lowest BCUT2D eigenvalue weighted by atomic mass is 9.96. The molecule has 1 aromatic rings. The number of aliphatic hydroxyl groups excluding tert-OH is 1. The van der Waals surface area contributed by atoms with Crippen molar-refractivity contribution in [3.63, 3.8) is 0 Å². The van der Waals surface area contributed by atoms with Crippen LogP contribution < -0.4 is 5.32 Å². The number of aliphatic hydroxyl groups is 1. The highest BCUT2D eigenvalue weighted by Gasteiger charge is 2.26. The number of nitrogens with zero attached hydrogens (tertiary/aromatic N) is 1. The summed E-state index contributed by atoms with van der Waals surface area (Å²) in [6.07, 6.45) is 5.56. The Kier molecular flexibility index (Phi) is 5.37. The van der Waals surface area contributed by atoms with Crippen molar-refractivity contribution in [2.75, 3.05) is 6.61 Å². The van der Waals surface area contributed by atoms with Crippen LogP contribution in [0.25, 0.3) is 0 Å². The Balaban J connectivity index is 2.07. The van der Waals surface area contributed by atoms with Crippen molar-refractivity contribution in [2.24, 2.45) is 5.92 Å². The summed E-state index contributed by atoms with van der Waals surface area (Å²) in [4.78, 5) is 6.15. The van der Waals surface area contributed by atoms with Gasteiger partial charge >= 0.3 is 0 Å². The molecule has 0 saturated carbocycles. The van der Waals surface area contributed by atoms with Crippen molar-refractivity contribution in [3.8, 4) is 0 Å². The molecule has 3 nitrogen and oxygen atoms in total. The van der Waals surface area contributed by atoms with Crippen molar-refractivity contribution in [3.05, 3.63) is 15.6 Å². The molecule has 4 heteroatoms. The van der Waals surface area contributed by atoms with Gasteiger partial charge < -0.3 is 10.4 Å². The lowest BCUT2D eigenvalue weighted by Gasteiger charge is -2.28. The molecular weight excluding hydrogens is 256 g/mol. The fourth-order valence-corrected chi connectivity index (χ4v) is 3.98. The quantitative estimate of drug-likeness (QED) is 0.843. The maximum atomic E-state index is 9.53. The molecule has 0 aromatic carbocycles. The highest BCUT2D eigenvalue weighted by atomic mass is 32.1. The molecule has 108 valence electrons. The van der Waals surface area contributed by atoms with Crippen LogP contribution in [-0.4, -0.2) is 22.7 Å². The van der Waals surface area contributed by atoms with Gasteiger partial charge in [0.15, 0.2) is 0 Å². The molecule has 0 spiro atoms. The van der Waals surface area contributed by atoms with Crippen LogP contribution in [0.4, 0.5) is 0 Å². The van der Waals surface area contributed by atoms with E-state index in [-0.39, 0.29) is 12.6 Å². The Morgan fingerprint density at radius 3 is 2.89 bits per heavy atom. The van der Waals surface area contributed by atoms with Gasteiger partial charge in [0.2, 0.25) is 0 Å². The van der Waals surface area contributed by atoms with Gasteiger partial charge in [0.1, 0.15) is 0 Å². The topological polar surface area (TPSA) is 45.2 Å². The summed E-state index contributed by atoms with van der Waals surface area (Å²) in [5, 5.41) is 14.4. The third-order valence-electron chi connectivity index (χ3n) is 3.71. The van der Waals surface area contributed by atoms with Gasteiger partial charge in [-0.25, -0.2) is 4.98 Å². The number of rotatable bonds is 6. The molecule has 19 heavy (non-hydrogen) atoms. The zero-order chi connectivity index (χ0) is 13.8. The van der Waals surface area contributed by atoms with E-state index in [2.05, 4.69) is 26.1 Å². The number of nitrogens with one attached hydrogen (secondary N) is 1. The first-order valence-electron chi connectivity index (χ1n) is 7.49. The van der Waals surface area contributed by atoms with E-state index in [1.54, 1.807) is 0 Å². The third kappa shape index (κ3) is 3.77. The zero-order valence-electron chi connectivity index (χ0n) is 12.3. The van der Waals surface area contributed by atoms with Crippen molar-refractivity contribution in [1.82, 2.24) is 10.3 Å². The zero-order valence-corrected chi connectivity index (χ0v) is 13.1. The van der Waals surface area contributed by atoms with E-state index in [0.29, 0.717) is 12.0 Å². The normalized spacial score (nSPS) is 20.6. The molecule has 0 aliphatic heterocycles. The molecule has 2 N–H and O–H groups in total. The summed E-state index contributed by atoms with van der Waals surface area (Å²) in [5.41, 5.74) is 1.30. The summed E-state index contributed by atoms with van der Waals surface area (Å²) in [5.74, 6) is 0.611. The molecule has 0 amide bonds. The first-order valence-corrected chi connectivity index (χ1v) is 8.31. The number of hydrogen-bond acceptors (Lipinski definition) is 4. The average Bonchev–Trinajstić information content (AvgIpc) is 2.81. The van der Waals surface area contributed by atoms with Crippen LogP contribution in [0.1, 0.15) is 61.7 Å². The van der Waals surface area contributed by atoms with Gasteiger partial charge in [-0.2, -0.15) is 0 Å². The molecule has 2 atom stereocenters. The number of aryl methyl sites for hydroxylation is 2. The molecule has 1 aliphatic rings. The summed E-state index contributed by atoms with van der Waals surface area (Å²) >= 11 is 1.86. The molecule has 1 heterocycles. The lowest BCUT2D eigenvalue weighted by molar-refractivity contribution is 0.209. The molecule has 0 bridgehead atoms. The van der Waals surface area contributed by atoms with Gasteiger partial charge in [-0.05, 0) is 38.0 Å². The second-order valence-corrected chi connectivity index (χ2v) is 7.01. The second kappa shape index (κ2) is 6.82. The smallest absolute Gasteiger partial charge is 0.0928 e. The Morgan fingerprint density at radius 1 is 1.47 bits per heavy atom. The molecule has 0 radical (unpaired) electrons. The molecule has 0 saturated heterocycles. The number of aromatic nitrogens is 1. The number of fused-ring (bicyclic) bond motifs is 1. The fourth-order valence-electron chi connectivity index (χ4n) is 2.83. The van der Waals surface area contributed by atoms with Gasteiger partial charge in [0, 0.05) is 17.0 Å². The number of thiazole rings is 1. The van der Waals surface area contributed by atoms with E-state index < -0.39 is 0 Å². The van der Waals surface area contributed by atoms with Gasteiger partial charge in [-0.1, -0.05) is 20.8 Å². The van der Waals surface area contributed by atoms with Gasteiger partial charge in [-0.15, -0.1) is 11.3 Å². The van der Waals surface area contributed by atoms with Crippen molar-refractivity contribution in [2.45, 2.75) is 65.0 Å². The fraction of sp³-hybridized carbons (Fsp3) is 0.800. The van der Waals surface area contributed by atoms with Crippen LogP contribution in [0.5, 0.6) is 0 Å². The molecular formula is C15H26N2OS. The summed E-state index contributed by atoms with van der Waals surface area (Å²) in [6.45, 7) is 6.81.